The van der Waals surface area contributed by atoms with Gasteiger partial charge >= 0.3 is 11.9 Å². The van der Waals surface area contributed by atoms with E-state index in [9.17, 15) is 19.6 Å². The van der Waals surface area contributed by atoms with E-state index in [0.29, 0.717) is 33.0 Å². The maximum atomic E-state index is 13.6. The molecule has 0 bridgehead atoms. The molecule has 2 aromatic heterocycles. The molecule has 0 radical (unpaired) electrons. The van der Waals surface area contributed by atoms with E-state index < -0.39 is 23.6 Å². The fourth-order valence-corrected chi connectivity index (χ4v) is 4.79. The number of nitriles is 1. The minimum atomic E-state index is -0.933. The third-order valence-corrected chi connectivity index (χ3v) is 6.94. The van der Waals surface area contributed by atoms with Gasteiger partial charge in [0.05, 0.1) is 46.3 Å². The molecule has 1 amide bonds. The van der Waals surface area contributed by atoms with Crippen LogP contribution >= 0.6 is 11.6 Å². The van der Waals surface area contributed by atoms with E-state index in [1.807, 2.05) is 18.2 Å². The van der Waals surface area contributed by atoms with Gasteiger partial charge in [-0.15, -0.1) is 0 Å². The van der Waals surface area contributed by atoms with Crippen molar-refractivity contribution < 1.29 is 33.3 Å². The Hall–Kier alpha value is -5.97. The van der Waals surface area contributed by atoms with Crippen molar-refractivity contribution >= 4 is 57.4 Å². The maximum absolute atomic E-state index is 13.6. The normalized spacial score (nSPS) is 15.1. The van der Waals surface area contributed by atoms with E-state index in [-0.39, 0.29) is 42.5 Å². The number of esters is 2. The first-order valence-corrected chi connectivity index (χ1v) is 14.9. The SMILES string of the molecule is CCOc1cc2ncc(C#N)c(Nc3ccc(OCc4ccccn4)c(Cl)c3)c2cc1NC(=O)/C1=C(/CN(C)C)OC(=O)/C=C\C(=O)O1. The lowest BCUT2D eigenvalue weighted by Crippen LogP contribution is -2.27. The number of hydrogen-bond donors (Lipinski definition) is 2. The molecule has 1 aliphatic heterocycles. The van der Waals surface area contributed by atoms with Crippen molar-refractivity contribution in [2.75, 3.05) is 37.9 Å². The average Bonchev–Trinajstić information content (AvgIpc) is 3.06. The van der Waals surface area contributed by atoms with E-state index in [2.05, 4.69) is 26.7 Å². The fraction of sp³-hybridized carbons (Fsp3) is 0.176. The van der Waals surface area contributed by atoms with Gasteiger partial charge in [0.2, 0.25) is 5.76 Å². The summed E-state index contributed by atoms with van der Waals surface area (Å²) >= 11 is 6.54. The van der Waals surface area contributed by atoms with Gasteiger partial charge in [0, 0.05) is 41.7 Å². The van der Waals surface area contributed by atoms with Crippen LogP contribution in [-0.2, 0) is 30.5 Å². The highest BCUT2D eigenvalue weighted by molar-refractivity contribution is 6.32. The summed E-state index contributed by atoms with van der Waals surface area (Å²) in [5.74, 6) is -2.63. The highest BCUT2D eigenvalue weighted by Crippen LogP contribution is 2.38. The summed E-state index contributed by atoms with van der Waals surface area (Å²) in [6, 6.07) is 15.9. The summed E-state index contributed by atoms with van der Waals surface area (Å²) in [7, 11) is 3.38. The minimum Gasteiger partial charge on any atom is -0.492 e. The largest absolute Gasteiger partial charge is 0.492 e. The van der Waals surface area contributed by atoms with Crippen molar-refractivity contribution in [1.29, 1.82) is 5.26 Å². The van der Waals surface area contributed by atoms with Crippen molar-refractivity contribution in [3.8, 4) is 17.6 Å². The van der Waals surface area contributed by atoms with Crippen LogP contribution in [0.3, 0.4) is 0 Å². The Balaban J connectivity index is 1.50. The van der Waals surface area contributed by atoms with Crippen LogP contribution in [0.4, 0.5) is 17.1 Å². The van der Waals surface area contributed by atoms with Gasteiger partial charge < -0.3 is 34.5 Å². The first-order valence-electron chi connectivity index (χ1n) is 14.5. The molecule has 1 aliphatic rings. The molecule has 0 saturated heterocycles. The van der Waals surface area contributed by atoms with Crippen molar-refractivity contribution in [3.63, 3.8) is 0 Å². The van der Waals surface area contributed by atoms with Crippen LogP contribution in [0, 0.1) is 11.3 Å². The fourth-order valence-electron chi connectivity index (χ4n) is 4.56. The number of halogens is 1. The Kier molecular flexibility index (Phi) is 10.5. The van der Waals surface area contributed by atoms with Gasteiger partial charge in [0.15, 0.2) is 5.76 Å². The van der Waals surface area contributed by atoms with Crippen LogP contribution in [0.1, 0.15) is 18.2 Å². The Morgan fingerprint density at radius 1 is 1.02 bits per heavy atom. The summed E-state index contributed by atoms with van der Waals surface area (Å²) in [4.78, 5) is 48.4. The predicted molar refractivity (Wildman–Crippen MR) is 176 cm³/mol. The number of anilines is 3. The number of fused-ring (bicyclic) bond motifs is 1. The van der Waals surface area contributed by atoms with Gasteiger partial charge in [0.1, 0.15) is 24.2 Å². The molecule has 0 atom stereocenters. The lowest BCUT2D eigenvalue weighted by molar-refractivity contribution is -0.142. The van der Waals surface area contributed by atoms with E-state index in [0.717, 1.165) is 17.8 Å². The van der Waals surface area contributed by atoms with Crippen molar-refractivity contribution in [1.82, 2.24) is 14.9 Å². The van der Waals surface area contributed by atoms with Gasteiger partial charge in [0.25, 0.3) is 5.91 Å². The van der Waals surface area contributed by atoms with Gasteiger partial charge in [-0.2, -0.15) is 5.26 Å². The zero-order valence-corrected chi connectivity index (χ0v) is 26.8. The minimum absolute atomic E-state index is 0.0231. The summed E-state index contributed by atoms with van der Waals surface area (Å²) in [5, 5.41) is 16.7. The van der Waals surface area contributed by atoms with Crippen molar-refractivity contribution in [2.45, 2.75) is 13.5 Å². The molecule has 2 N–H and O–H groups in total. The number of benzene rings is 2. The molecule has 244 valence electrons. The number of rotatable bonds is 11. The summed E-state index contributed by atoms with van der Waals surface area (Å²) in [5.41, 5.74) is 2.49. The topological polar surface area (TPSA) is 165 Å². The van der Waals surface area contributed by atoms with E-state index >= 15 is 0 Å². The predicted octanol–water partition coefficient (Wildman–Crippen LogP) is 5.24. The third kappa shape index (κ3) is 8.05. The highest BCUT2D eigenvalue weighted by Gasteiger charge is 2.27. The molecule has 13 nitrogen and oxygen atoms in total. The zero-order valence-electron chi connectivity index (χ0n) is 26.1. The van der Waals surface area contributed by atoms with Crippen LogP contribution in [-0.4, -0.2) is 60.0 Å². The Bertz CT molecular complexity index is 1990. The molecular weight excluding hydrogens is 640 g/mol. The molecule has 0 spiro atoms. The molecular formula is C34H29ClN6O7. The van der Waals surface area contributed by atoms with E-state index in [1.165, 1.54) is 6.20 Å². The molecule has 48 heavy (non-hydrogen) atoms. The zero-order chi connectivity index (χ0) is 34.2. The molecule has 3 heterocycles. The van der Waals surface area contributed by atoms with Crippen LogP contribution in [0.2, 0.25) is 5.02 Å². The number of carbonyl (C=O) groups is 3. The van der Waals surface area contributed by atoms with Crippen molar-refractivity contribution in [3.05, 3.63) is 101 Å². The Morgan fingerprint density at radius 3 is 2.50 bits per heavy atom. The number of nitrogens with zero attached hydrogens (tertiary/aromatic N) is 4. The molecule has 0 aliphatic carbocycles. The monoisotopic (exact) mass is 668 g/mol. The second-order valence-electron chi connectivity index (χ2n) is 10.5. The number of nitrogens with one attached hydrogen (secondary N) is 2. The summed E-state index contributed by atoms with van der Waals surface area (Å²) in [6.07, 6.45) is 4.86. The number of carbonyl (C=O) groups excluding carboxylic acids is 3. The number of ether oxygens (including phenoxy) is 4. The Labute approximate surface area is 280 Å². The van der Waals surface area contributed by atoms with Gasteiger partial charge in [-0.3, -0.25) is 14.8 Å². The molecule has 0 unspecified atom stereocenters. The van der Waals surface area contributed by atoms with Crippen LogP contribution in [0.25, 0.3) is 10.9 Å². The summed E-state index contributed by atoms with van der Waals surface area (Å²) in [6.45, 7) is 2.21. The van der Waals surface area contributed by atoms with Crippen molar-refractivity contribution in [2.24, 2.45) is 0 Å². The molecule has 5 rings (SSSR count). The first kappa shape index (κ1) is 33.4. The molecule has 2 aromatic carbocycles. The standard InChI is InChI=1S/C34H29ClN6O7/c1-4-45-28-15-25-23(14-26(28)40-34(44)33-29(18-41(2)3)47-30(42)10-11-31(43)48-33)32(20(16-36)17-38-25)39-21-8-9-27(24(35)13-21)46-19-22-7-5-6-12-37-22/h5-15,17H,4,18-19H2,1-3H3,(H,38,39)(H,40,44)/b11-10-,33-29+. The highest BCUT2D eigenvalue weighted by atomic mass is 35.5. The second kappa shape index (κ2) is 15.1. The molecule has 14 heteroatoms. The van der Waals surface area contributed by atoms with Crippen LogP contribution in [0.5, 0.6) is 11.5 Å². The quantitative estimate of drug-likeness (QED) is 0.200. The van der Waals surface area contributed by atoms with Gasteiger partial charge in [-0.05, 0) is 57.4 Å². The number of hydrogen-bond acceptors (Lipinski definition) is 12. The number of amides is 1. The van der Waals surface area contributed by atoms with Gasteiger partial charge in [-0.25, -0.2) is 9.59 Å². The second-order valence-corrected chi connectivity index (χ2v) is 10.9. The number of pyridine rings is 2. The number of likely N-dealkylation sites (N-methyl/N-ethyl adjacent to an activating group) is 1. The molecule has 0 fully saturated rings. The lowest BCUT2D eigenvalue weighted by atomic mass is 10.1. The average molecular weight is 669 g/mol. The number of cyclic esters (lactones) is 2. The molecule has 0 saturated carbocycles. The van der Waals surface area contributed by atoms with E-state index in [1.54, 1.807) is 62.4 Å². The summed E-state index contributed by atoms with van der Waals surface area (Å²) < 4.78 is 22.2. The lowest BCUT2D eigenvalue weighted by Gasteiger charge is -2.19. The third-order valence-electron chi connectivity index (χ3n) is 6.64. The smallest absolute Gasteiger partial charge is 0.336 e. The van der Waals surface area contributed by atoms with Crippen LogP contribution in [0.15, 0.2) is 84.6 Å². The van der Waals surface area contributed by atoms with Crippen LogP contribution < -0.4 is 20.1 Å². The number of aromatic nitrogens is 2. The first-order chi connectivity index (χ1) is 23.1. The van der Waals surface area contributed by atoms with E-state index in [4.69, 9.17) is 30.5 Å². The molecule has 4 aromatic rings. The van der Waals surface area contributed by atoms with Gasteiger partial charge in [-0.1, -0.05) is 17.7 Å². The maximum Gasteiger partial charge on any atom is 0.336 e. The Morgan fingerprint density at radius 2 is 1.81 bits per heavy atom.